The summed E-state index contributed by atoms with van der Waals surface area (Å²) in [6.45, 7) is 2.68. The third-order valence-electron chi connectivity index (χ3n) is 4.91. The number of ether oxygens (including phenoxy) is 2. The van der Waals surface area contributed by atoms with Gasteiger partial charge in [0.25, 0.3) is 5.91 Å². The summed E-state index contributed by atoms with van der Waals surface area (Å²) >= 11 is 0. The van der Waals surface area contributed by atoms with E-state index in [-0.39, 0.29) is 18.7 Å². The molecule has 5 nitrogen and oxygen atoms in total. The second-order valence-corrected chi connectivity index (χ2v) is 6.59. The lowest BCUT2D eigenvalue weighted by Crippen LogP contribution is -2.36. The first kappa shape index (κ1) is 16.8. The van der Waals surface area contributed by atoms with E-state index in [1.165, 1.54) is 12.1 Å². The van der Waals surface area contributed by atoms with E-state index < -0.39 is 5.82 Å². The van der Waals surface area contributed by atoms with Crippen molar-refractivity contribution in [3.63, 3.8) is 0 Å². The van der Waals surface area contributed by atoms with Crippen LogP contribution in [0.4, 0.5) is 4.39 Å². The normalized spacial score (nSPS) is 17.3. The topological polar surface area (TPSA) is 50.8 Å². The van der Waals surface area contributed by atoms with E-state index in [0.717, 1.165) is 43.0 Å². The zero-order valence-electron chi connectivity index (χ0n) is 14.4. The average molecular weight is 356 g/mol. The molecule has 0 radical (unpaired) electrons. The molecule has 2 aromatic carbocycles. The number of halogens is 1. The largest absolute Gasteiger partial charge is 0.454 e. The van der Waals surface area contributed by atoms with Crippen molar-refractivity contribution in [3.8, 4) is 11.5 Å². The van der Waals surface area contributed by atoms with Crippen LogP contribution in [-0.2, 0) is 0 Å². The number of benzene rings is 2. The number of amides is 1. The molecule has 1 fully saturated rings. The Labute approximate surface area is 151 Å². The van der Waals surface area contributed by atoms with Gasteiger partial charge in [-0.25, -0.2) is 4.39 Å². The van der Waals surface area contributed by atoms with Gasteiger partial charge in [0.15, 0.2) is 11.5 Å². The Balaban J connectivity index is 1.51. The minimum atomic E-state index is -0.412. The van der Waals surface area contributed by atoms with E-state index in [2.05, 4.69) is 10.2 Å². The van der Waals surface area contributed by atoms with Gasteiger partial charge in [0.2, 0.25) is 6.79 Å². The van der Waals surface area contributed by atoms with E-state index in [1.807, 2.05) is 18.2 Å². The summed E-state index contributed by atoms with van der Waals surface area (Å²) in [5.74, 6) is 0.805. The number of fused-ring (bicyclic) bond motifs is 1. The first-order chi connectivity index (χ1) is 12.7. The van der Waals surface area contributed by atoms with Gasteiger partial charge in [0, 0.05) is 12.1 Å². The predicted octanol–water partition coefficient (Wildman–Crippen LogP) is 3.12. The molecule has 0 aromatic heterocycles. The molecule has 0 saturated carbocycles. The van der Waals surface area contributed by atoms with Gasteiger partial charge in [-0.3, -0.25) is 9.69 Å². The average Bonchev–Trinajstić information content (AvgIpc) is 3.33. The quantitative estimate of drug-likeness (QED) is 0.894. The minimum Gasteiger partial charge on any atom is -0.454 e. The molecule has 2 aliphatic rings. The third-order valence-corrected chi connectivity index (χ3v) is 4.91. The summed E-state index contributed by atoms with van der Waals surface area (Å²) in [6, 6.07) is 11.7. The lowest BCUT2D eigenvalue weighted by Gasteiger charge is -2.28. The standard InChI is InChI=1S/C20H21FN2O3/c21-16-5-3-4-15(10-16)20(24)22-12-17(23-8-1-2-9-23)14-6-7-18-19(11-14)26-13-25-18/h3-7,10-11,17H,1-2,8-9,12-13H2,(H,22,24)/t17-/m1/s1. The van der Waals surface area contributed by atoms with E-state index in [1.54, 1.807) is 12.1 Å². The summed E-state index contributed by atoms with van der Waals surface area (Å²) < 4.78 is 24.2. The van der Waals surface area contributed by atoms with Crippen LogP contribution in [0.1, 0.15) is 34.8 Å². The summed E-state index contributed by atoms with van der Waals surface area (Å²) in [5, 5.41) is 2.95. The number of hydrogen-bond donors (Lipinski definition) is 1. The Bertz CT molecular complexity index is 805. The van der Waals surface area contributed by atoms with Crippen molar-refractivity contribution in [2.24, 2.45) is 0 Å². The Hall–Kier alpha value is -2.60. The van der Waals surface area contributed by atoms with E-state index in [0.29, 0.717) is 12.1 Å². The van der Waals surface area contributed by atoms with Crippen LogP contribution in [0.15, 0.2) is 42.5 Å². The van der Waals surface area contributed by atoms with Crippen LogP contribution >= 0.6 is 0 Å². The van der Waals surface area contributed by atoms with Gasteiger partial charge < -0.3 is 14.8 Å². The third kappa shape index (κ3) is 3.51. The highest BCUT2D eigenvalue weighted by atomic mass is 19.1. The van der Waals surface area contributed by atoms with Gasteiger partial charge in [-0.15, -0.1) is 0 Å². The maximum absolute atomic E-state index is 13.4. The molecule has 2 heterocycles. The van der Waals surface area contributed by atoms with E-state index in [4.69, 9.17) is 9.47 Å². The van der Waals surface area contributed by atoms with E-state index in [9.17, 15) is 9.18 Å². The van der Waals surface area contributed by atoms with Crippen molar-refractivity contribution in [1.82, 2.24) is 10.2 Å². The van der Waals surface area contributed by atoms with Crippen LogP contribution < -0.4 is 14.8 Å². The number of hydrogen-bond acceptors (Lipinski definition) is 4. The van der Waals surface area contributed by atoms with Crippen LogP contribution in [-0.4, -0.2) is 37.2 Å². The number of nitrogens with one attached hydrogen (secondary N) is 1. The molecule has 1 N–H and O–H groups in total. The molecular weight excluding hydrogens is 335 g/mol. The van der Waals surface area contributed by atoms with Gasteiger partial charge in [0.05, 0.1) is 6.04 Å². The Morgan fingerprint density at radius 3 is 2.73 bits per heavy atom. The molecule has 1 saturated heterocycles. The van der Waals surface area contributed by atoms with Crippen LogP contribution in [0.25, 0.3) is 0 Å². The Morgan fingerprint density at radius 2 is 1.92 bits per heavy atom. The minimum absolute atomic E-state index is 0.0458. The number of carbonyl (C=O) groups is 1. The Morgan fingerprint density at radius 1 is 1.12 bits per heavy atom. The van der Waals surface area contributed by atoms with Crippen LogP contribution in [0.3, 0.4) is 0 Å². The maximum Gasteiger partial charge on any atom is 0.251 e. The molecule has 6 heteroatoms. The first-order valence-electron chi connectivity index (χ1n) is 8.88. The molecule has 1 amide bonds. The molecule has 0 aliphatic carbocycles. The number of nitrogens with zero attached hydrogens (tertiary/aromatic N) is 1. The monoisotopic (exact) mass is 356 g/mol. The second-order valence-electron chi connectivity index (χ2n) is 6.59. The molecule has 136 valence electrons. The van der Waals surface area contributed by atoms with Crippen molar-refractivity contribution < 1.29 is 18.7 Å². The molecule has 0 unspecified atom stereocenters. The molecule has 26 heavy (non-hydrogen) atoms. The fourth-order valence-electron chi connectivity index (χ4n) is 3.55. The summed E-state index contributed by atoms with van der Waals surface area (Å²) in [7, 11) is 0. The number of carbonyl (C=O) groups excluding carboxylic acids is 1. The smallest absolute Gasteiger partial charge is 0.251 e. The lowest BCUT2D eigenvalue weighted by atomic mass is 10.0. The first-order valence-corrected chi connectivity index (χ1v) is 8.88. The highest BCUT2D eigenvalue weighted by molar-refractivity contribution is 5.94. The summed E-state index contributed by atoms with van der Waals surface area (Å²) in [6.07, 6.45) is 2.30. The lowest BCUT2D eigenvalue weighted by molar-refractivity contribution is 0.0937. The van der Waals surface area contributed by atoms with Gasteiger partial charge in [-0.1, -0.05) is 12.1 Å². The number of rotatable bonds is 5. The van der Waals surface area contributed by atoms with Crippen molar-refractivity contribution in [2.75, 3.05) is 26.4 Å². The highest BCUT2D eigenvalue weighted by Gasteiger charge is 2.26. The van der Waals surface area contributed by atoms with Gasteiger partial charge in [-0.2, -0.15) is 0 Å². The molecule has 2 aromatic rings. The second kappa shape index (κ2) is 7.33. The zero-order chi connectivity index (χ0) is 17.9. The fourth-order valence-corrected chi connectivity index (χ4v) is 3.55. The van der Waals surface area contributed by atoms with Crippen molar-refractivity contribution in [2.45, 2.75) is 18.9 Å². The van der Waals surface area contributed by atoms with Crippen LogP contribution in [0.2, 0.25) is 0 Å². The predicted molar refractivity (Wildman–Crippen MR) is 94.8 cm³/mol. The fraction of sp³-hybridized carbons (Fsp3) is 0.350. The molecule has 0 spiro atoms. The SMILES string of the molecule is O=C(NC[C@H](c1ccc2c(c1)OCO2)N1CCCC1)c1cccc(F)c1. The van der Waals surface area contributed by atoms with Crippen molar-refractivity contribution in [3.05, 3.63) is 59.4 Å². The molecule has 4 rings (SSSR count). The van der Waals surface area contributed by atoms with E-state index >= 15 is 0 Å². The van der Waals surface area contributed by atoms with Gasteiger partial charge in [0.1, 0.15) is 5.82 Å². The van der Waals surface area contributed by atoms with Crippen molar-refractivity contribution in [1.29, 1.82) is 0 Å². The van der Waals surface area contributed by atoms with Crippen LogP contribution in [0, 0.1) is 5.82 Å². The molecule has 1 atom stereocenters. The number of likely N-dealkylation sites (tertiary alicyclic amines) is 1. The van der Waals surface area contributed by atoms with Crippen LogP contribution in [0.5, 0.6) is 11.5 Å². The summed E-state index contributed by atoms with van der Waals surface area (Å²) in [5.41, 5.74) is 1.41. The van der Waals surface area contributed by atoms with Gasteiger partial charge in [-0.05, 0) is 61.8 Å². The molecule has 0 bridgehead atoms. The Kier molecular flexibility index (Phi) is 4.75. The summed E-state index contributed by atoms with van der Waals surface area (Å²) in [4.78, 5) is 14.8. The molecule has 2 aliphatic heterocycles. The van der Waals surface area contributed by atoms with Gasteiger partial charge >= 0.3 is 0 Å². The highest BCUT2D eigenvalue weighted by Crippen LogP contribution is 2.36. The zero-order valence-corrected chi connectivity index (χ0v) is 14.4. The van der Waals surface area contributed by atoms with Crippen molar-refractivity contribution >= 4 is 5.91 Å². The molecular formula is C20H21FN2O3. The maximum atomic E-state index is 13.4.